The van der Waals surface area contributed by atoms with Gasteiger partial charge in [-0.05, 0) is 19.1 Å². The van der Waals surface area contributed by atoms with E-state index in [1.807, 2.05) is 18.2 Å². The van der Waals surface area contributed by atoms with E-state index in [4.69, 9.17) is 4.74 Å². The molecule has 0 aliphatic carbocycles. The van der Waals surface area contributed by atoms with Crippen molar-refractivity contribution in [1.82, 2.24) is 3.96 Å². The van der Waals surface area contributed by atoms with Gasteiger partial charge in [-0.3, -0.25) is 8.75 Å². The first-order valence-corrected chi connectivity index (χ1v) is 6.28. The third-order valence-corrected chi connectivity index (χ3v) is 3.55. The predicted octanol–water partition coefficient (Wildman–Crippen LogP) is 2.18. The second-order valence-electron chi connectivity index (χ2n) is 3.91. The lowest BCUT2D eigenvalue weighted by atomic mass is 10.3. The number of fused-ring (bicyclic) bond motifs is 1. The average molecular weight is 263 g/mol. The van der Waals surface area contributed by atoms with Gasteiger partial charge in [0.15, 0.2) is 0 Å². The molecule has 18 heavy (non-hydrogen) atoms. The number of rotatable bonds is 4. The summed E-state index contributed by atoms with van der Waals surface area (Å²) in [7, 11) is 0. The number of ether oxygens (including phenoxy) is 1. The zero-order valence-corrected chi connectivity index (χ0v) is 10.8. The van der Waals surface area contributed by atoms with Gasteiger partial charge in [-0.15, -0.1) is 0 Å². The summed E-state index contributed by atoms with van der Waals surface area (Å²) in [6.07, 6.45) is 0. The van der Waals surface area contributed by atoms with Gasteiger partial charge >= 0.3 is 5.97 Å². The zero-order valence-electron chi connectivity index (χ0n) is 10.0. The number of aromatic nitrogens is 1. The Morgan fingerprint density at radius 1 is 1.44 bits per heavy atom. The van der Waals surface area contributed by atoms with E-state index in [0.717, 1.165) is 4.70 Å². The number of carbonyl (C=O) groups is 1. The van der Waals surface area contributed by atoms with Crippen molar-refractivity contribution >= 4 is 27.6 Å². The van der Waals surface area contributed by atoms with Crippen LogP contribution in [0.3, 0.4) is 0 Å². The van der Waals surface area contributed by atoms with Crippen LogP contribution in [0.2, 0.25) is 0 Å². The minimum absolute atomic E-state index is 0.0398. The van der Waals surface area contributed by atoms with E-state index in [0.29, 0.717) is 17.5 Å². The second kappa shape index (κ2) is 5.18. The molecule has 0 aliphatic rings. The normalized spacial score (nSPS) is 10.5. The molecule has 0 saturated carbocycles. The predicted molar refractivity (Wildman–Crippen MR) is 71.9 cm³/mol. The monoisotopic (exact) mass is 263 g/mol. The molecule has 1 aromatic carbocycles. The Balaban J connectivity index is 2.09. The highest BCUT2D eigenvalue weighted by Gasteiger charge is 2.08. The van der Waals surface area contributed by atoms with Crippen LogP contribution in [0.5, 0.6) is 0 Å². The Morgan fingerprint density at radius 2 is 2.17 bits per heavy atom. The molecule has 0 fully saturated rings. The summed E-state index contributed by atoms with van der Waals surface area (Å²) in [5.74, 6) is -0.427. The first kappa shape index (κ1) is 12.6. The van der Waals surface area contributed by atoms with Crippen molar-refractivity contribution in [2.24, 2.45) is 0 Å². The van der Waals surface area contributed by atoms with E-state index < -0.39 is 5.97 Å². The summed E-state index contributed by atoms with van der Waals surface area (Å²) in [6.45, 7) is 5.63. The van der Waals surface area contributed by atoms with Crippen LogP contribution < -0.4 is 5.56 Å². The minimum Gasteiger partial charge on any atom is -0.460 e. The highest BCUT2D eigenvalue weighted by molar-refractivity contribution is 7.13. The van der Waals surface area contributed by atoms with Crippen LogP contribution in [0.25, 0.3) is 10.1 Å². The van der Waals surface area contributed by atoms with Crippen LogP contribution in [0, 0.1) is 0 Å². The molecule has 0 aliphatic heterocycles. The van der Waals surface area contributed by atoms with Crippen molar-refractivity contribution < 1.29 is 9.53 Å². The molecule has 2 aromatic rings. The van der Waals surface area contributed by atoms with Crippen molar-refractivity contribution in [3.63, 3.8) is 0 Å². The summed E-state index contributed by atoms with van der Waals surface area (Å²) >= 11 is 1.37. The van der Waals surface area contributed by atoms with E-state index in [1.54, 1.807) is 16.9 Å². The van der Waals surface area contributed by atoms with E-state index in [2.05, 4.69) is 6.58 Å². The Morgan fingerprint density at radius 3 is 2.83 bits per heavy atom. The average Bonchev–Trinajstić information content (AvgIpc) is 2.67. The zero-order chi connectivity index (χ0) is 13.1. The fourth-order valence-corrected chi connectivity index (χ4v) is 2.49. The first-order valence-electron chi connectivity index (χ1n) is 5.51. The molecule has 0 N–H and O–H groups in total. The maximum Gasteiger partial charge on any atom is 0.333 e. The van der Waals surface area contributed by atoms with Crippen LogP contribution >= 0.6 is 11.5 Å². The molecule has 4 nitrogen and oxygen atoms in total. The quantitative estimate of drug-likeness (QED) is 0.627. The summed E-state index contributed by atoms with van der Waals surface area (Å²) in [5.41, 5.74) is 0.320. The highest BCUT2D eigenvalue weighted by Crippen LogP contribution is 2.15. The number of hydrogen-bond donors (Lipinski definition) is 0. The van der Waals surface area contributed by atoms with Gasteiger partial charge in [0.1, 0.15) is 6.61 Å². The molecule has 0 saturated heterocycles. The highest BCUT2D eigenvalue weighted by atomic mass is 32.1. The molecule has 94 valence electrons. The van der Waals surface area contributed by atoms with Crippen LogP contribution in [0.4, 0.5) is 0 Å². The number of esters is 1. The standard InChI is InChI=1S/C13H13NO3S/c1-9(2)13(16)17-8-7-14-12(15)10-5-3-4-6-11(10)18-14/h3-6H,1,7-8H2,2H3. The number of benzene rings is 1. The smallest absolute Gasteiger partial charge is 0.333 e. The van der Waals surface area contributed by atoms with Gasteiger partial charge in [-0.2, -0.15) is 0 Å². The molecule has 1 heterocycles. The third kappa shape index (κ3) is 2.51. The van der Waals surface area contributed by atoms with E-state index in [-0.39, 0.29) is 12.2 Å². The fourth-order valence-electron chi connectivity index (χ4n) is 1.51. The summed E-state index contributed by atoms with van der Waals surface area (Å²) in [4.78, 5) is 23.1. The van der Waals surface area contributed by atoms with Gasteiger partial charge in [0.25, 0.3) is 5.56 Å². The minimum atomic E-state index is -0.427. The third-order valence-electron chi connectivity index (χ3n) is 2.43. The summed E-state index contributed by atoms with van der Waals surface area (Å²) in [5, 5.41) is 0.703. The fraction of sp³-hybridized carbons (Fsp3) is 0.231. The number of hydrogen-bond acceptors (Lipinski definition) is 4. The van der Waals surface area contributed by atoms with E-state index in [9.17, 15) is 9.59 Å². The van der Waals surface area contributed by atoms with Crippen LogP contribution in [0.15, 0.2) is 41.2 Å². The molecule has 0 spiro atoms. The molecule has 0 unspecified atom stereocenters. The SMILES string of the molecule is C=C(C)C(=O)OCCn1sc2ccccc2c1=O. The second-order valence-corrected chi connectivity index (χ2v) is 4.97. The van der Waals surface area contributed by atoms with Gasteiger partial charge in [0.05, 0.1) is 16.6 Å². The largest absolute Gasteiger partial charge is 0.460 e. The van der Waals surface area contributed by atoms with Crippen LogP contribution in [0.1, 0.15) is 6.92 Å². The van der Waals surface area contributed by atoms with Crippen molar-refractivity contribution in [2.75, 3.05) is 6.61 Å². The van der Waals surface area contributed by atoms with Crippen molar-refractivity contribution in [1.29, 1.82) is 0 Å². The van der Waals surface area contributed by atoms with Crippen molar-refractivity contribution in [2.45, 2.75) is 13.5 Å². The number of nitrogens with zero attached hydrogens (tertiary/aromatic N) is 1. The van der Waals surface area contributed by atoms with Gasteiger partial charge < -0.3 is 4.74 Å². The van der Waals surface area contributed by atoms with E-state index >= 15 is 0 Å². The molecule has 0 amide bonds. The molecule has 0 bridgehead atoms. The molecule has 0 atom stereocenters. The topological polar surface area (TPSA) is 48.3 Å². The van der Waals surface area contributed by atoms with Gasteiger partial charge in [0.2, 0.25) is 0 Å². The Kier molecular flexibility index (Phi) is 3.62. The van der Waals surface area contributed by atoms with Crippen molar-refractivity contribution in [3.8, 4) is 0 Å². The molecular formula is C13H13NO3S. The van der Waals surface area contributed by atoms with Crippen molar-refractivity contribution in [3.05, 3.63) is 46.8 Å². The number of carbonyl (C=O) groups excluding carboxylic acids is 1. The van der Waals surface area contributed by atoms with E-state index in [1.165, 1.54) is 11.5 Å². The first-order chi connectivity index (χ1) is 8.59. The lowest BCUT2D eigenvalue weighted by Gasteiger charge is -2.03. The molecule has 0 radical (unpaired) electrons. The molecule has 5 heteroatoms. The Labute approximate surface area is 108 Å². The Hall–Kier alpha value is -1.88. The lowest BCUT2D eigenvalue weighted by molar-refractivity contribution is -0.139. The van der Waals surface area contributed by atoms with Gasteiger partial charge in [-0.1, -0.05) is 30.2 Å². The molecular weight excluding hydrogens is 250 g/mol. The van der Waals surface area contributed by atoms with Crippen LogP contribution in [-0.2, 0) is 16.1 Å². The molecule has 2 rings (SSSR count). The summed E-state index contributed by atoms with van der Waals surface area (Å²) in [6, 6.07) is 7.42. The van der Waals surface area contributed by atoms with Gasteiger partial charge in [-0.25, -0.2) is 4.79 Å². The van der Waals surface area contributed by atoms with Crippen LogP contribution in [-0.4, -0.2) is 16.5 Å². The molecule has 1 aromatic heterocycles. The Bertz CT molecular complexity index is 654. The maximum atomic E-state index is 12.0. The maximum absolute atomic E-state index is 12.0. The van der Waals surface area contributed by atoms with Gasteiger partial charge in [0, 0.05) is 5.57 Å². The lowest BCUT2D eigenvalue weighted by Crippen LogP contribution is -2.18. The summed E-state index contributed by atoms with van der Waals surface area (Å²) < 4.78 is 7.50.